The molecule has 0 spiro atoms. The second kappa shape index (κ2) is 7.92. The van der Waals surface area contributed by atoms with Gasteiger partial charge in [-0.15, -0.1) is 0 Å². The van der Waals surface area contributed by atoms with Crippen LogP contribution in [0.15, 0.2) is 48.0 Å². The fraction of sp³-hybridized carbons (Fsp3) is 0.105. The minimum absolute atomic E-state index is 0.00448. The zero-order chi connectivity index (χ0) is 18.4. The van der Waals surface area contributed by atoms with E-state index in [1.807, 2.05) is 0 Å². The monoisotopic (exact) mass is 342 g/mol. The van der Waals surface area contributed by atoms with Gasteiger partial charge in [0.2, 0.25) is 0 Å². The average Bonchev–Trinajstić information content (AvgIpc) is 2.60. The molecule has 130 valence electrons. The van der Waals surface area contributed by atoms with Gasteiger partial charge in [0.05, 0.1) is 19.8 Å². The molecule has 0 amide bonds. The highest BCUT2D eigenvalue weighted by Crippen LogP contribution is 2.28. The summed E-state index contributed by atoms with van der Waals surface area (Å²) >= 11 is 0. The number of ether oxygens (including phenoxy) is 2. The van der Waals surface area contributed by atoms with Crippen LogP contribution in [0, 0.1) is 0 Å². The van der Waals surface area contributed by atoms with Gasteiger partial charge in [0.25, 0.3) is 0 Å². The Morgan fingerprint density at radius 2 is 1.44 bits per heavy atom. The summed E-state index contributed by atoms with van der Waals surface area (Å²) in [5.74, 6) is -0.570. The Morgan fingerprint density at radius 3 is 1.96 bits per heavy atom. The summed E-state index contributed by atoms with van der Waals surface area (Å²) in [4.78, 5) is 11.5. The first-order valence-corrected chi connectivity index (χ1v) is 7.31. The van der Waals surface area contributed by atoms with Crippen LogP contribution in [-0.4, -0.2) is 35.5 Å². The lowest BCUT2D eigenvalue weighted by Crippen LogP contribution is -1.97. The van der Waals surface area contributed by atoms with E-state index >= 15 is 0 Å². The Balaban J connectivity index is 2.34. The summed E-state index contributed by atoms with van der Waals surface area (Å²) in [5, 5.41) is 28.5. The maximum absolute atomic E-state index is 11.5. The van der Waals surface area contributed by atoms with Gasteiger partial charge in [-0.3, -0.25) is 0 Å². The number of hydrogen-bond acceptors (Lipinski definition) is 5. The van der Waals surface area contributed by atoms with Gasteiger partial charge in [-0.05, 0) is 47.5 Å². The molecule has 0 saturated carbocycles. The Bertz CT molecular complexity index is 836. The van der Waals surface area contributed by atoms with Gasteiger partial charge in [0.15, 0.2) is 23.0 Å². The number of carboxylic acid groups (broad SMARTS) is 1. The van der Waals surface area contributed by atoms with Crippen molar-refractivity contribution in [3.63, 3.8) is 0 Å². The summed E-state index contributed by atoms with van der Waals surface area (Å²) in [6, 6.07) is 9.24. The molecule has 0 unspecified atom stereocenters. The number of aliphatic carboxylic acids is 1. The molecule has 3 N–H and O–H groups in total. The predicted octanol–water partition coefficient (Wildman–Crippen LogP) is 3.30. The minimum Gasteiger partial charge on any atom is -0.504 e. The number of methoxy groups -OCH3 is 2. The molecular weight excluding hydrogens is 324 g/mol. The molecule has 25 heavy (non-hydrogen) atoms. The molecule has 0 fully saturated rings. The number of carboxylic acids is 1. The SMILES string of the molecule is COc1cc(C=CC(=Cc2ccc(O)c(OC)c2)C(=O)O)ccc1O. The lowest BCUT2D eigenvalue weighted by atomic mass is 10.1. The average molecular weight is 342 g/mol. The van der Waals surface area contributed by atoms with Crippen molar-refractivity contribution in [1.82, 2.24) is 0 Å². The fourth-order valence-corrected chi connectivity index (χ4v) is 2.13. The van der Waals surface area contributed by atoms with E-state index < -0.39 is 5.97 Å². The molecule has 0 atom stereocenters. The van der Waals surface area contributed by atoms with Crippen molar-refractivity contribution in [1.29, 1.82) is 0 Å². The Morgan fingerprint density at radius 1 is 0.920 bits per heavy atom. The molecule has 0 heterocycles. The normalized spacial score (nSPS) is 11.5. The molecule has 0 aliphatic carbocycles. The van der Waals surface area contributed by atoms with Gasteiger partial charge in [-0.1, -0.05) is 18.2 Å². The van der Waals surface area contributed by atoms with Gasteiger partial charge in [0, 0.05) is 0 Å². The third-order valence-electron chi connectivity index (χ3n) is 3.43. The number of benzene rings is 2. The first-order valence-electron chi connectivity index (χ1n) is 7.31. The summed E-state index contributed by atoms with van der Waals surface area (Å²) in [7, 11) is 2.85. The van der Waals surface area contributed by atoms with Gasteiger partial charge in [-0.2, -0.15) is 0 Å². The van der Waals surface area contributed by atoms with Crippen molar-refractivity contribution in [3.8, 4) is 23.0 Å². The second-order valence-corrected chi connectivity index (χ2v) is 5.10. The molecule has 2 rings (SSSR count). The third kappa shape index (κ3) is 4.54. The third-order valence-corrected chi connectivity index (χ3v) is 3.43. The van der Waals surface area contributed by atoms with E-state index in [9.17, 15) is 20.1 Å². The van der Waals surface area contributed by atoms with Crippen LogP contribution in [0.25, 0.3) is 12.2 Å². The highest BCUT2D eigenvalue weighted by Gasteiger charge is 2.07. The highest BCUT2D eigenvalue weighted by molar-refractivity contribution is 5.96. The zero-order valence-electron chi connectivity index (χ0n) is 13.8. The van der Waals surface area contributed by atoms with E-state index in [-0.39, 0.29) is 22.8 Å². The van der Waals surface area contributed by atoms with Crippen molar-refractivity contribution >= 4 is 18.1 Å². The van der Waals surface area contributed by atoms with Crippen LogP contribution < -0.4 is 9.47 Å². The minimum atomic E-state index is -1.10. The molecule has 6 nitrogen and oxygen atoms in total. The first kappa shape index (κ1) is 17.9. The Kier molecular flexibility index (Phi) is 5.68. The van der Waals surface area contributed by atoms with Crippen LogP contribution in [0.4, 0.5) is 0 Å². The maximum Gasteiger partial charge on any atom is 0.335 e. The predicted molar refractivity (Wildman–Crippen MR) is 94.0 cm³/mol. The maximum atomic E-state index is 11.5. The van der Waals surface area contributed by atoms with Gasteiger partial charge in [-0.25, -0.2) is 4.79 Å². The standard InChI is InChI=1S/C19H18O6/c1-24-17-10-12(4-7-15(17)20)3-6-14(19(22)23)9-13-5-8-16(21)18(11-13)25-2/h3-11,20-21H,1-2H3,(H,22,23). The van der Waals surface area contributed by atoms with Crippen molar-refractivity contribution in [2.45, 2.75) is 0 Å². The number of rotatable bonds is 6. The van der Waals surface area contributed by atoms with Crippen LogP contribution in [0.3, 0.4) is 0 Å². The number of hydrogen-bond donors (Lipinski definition) is 3. The molecule has 0 saturated heterocycles. The number of phenols is 2. The molecule has 0 bridgehead atoms. The van der Waals surface area contributed by atoms with Gasteiger partial charge in [0.1, 0.15) is 0 Å². The quantitative estimate of drug-likeness (QED) is 0.551. The topological polar surface area (TPSA) is 96.2 Å². The number of phenolic OH excluding ortho intramolecular Hbond substituents is 2. The van der Waals surface area contributed by atoms with E-state index in [1.165, 1.54) is 44.6 Å². The number of aromatic hydroxyl groups is 2. The lowest BCUT2D eigenvalue weighted by Gasteiger charge is -2.05. The van der Waals surface area contributed by atoms with E-state index in [2.05, 4.69) is 0 Å². The second-order valence-electron chi connectivity index (χ2n) is 5.10. The van der Waals surface area contributed by atoms with Gasteiger partial charge < -0.3 is 24.8 Å². The van der Waals surface area contributed by atoms with Crippen LogP contribution in [0.5, 0.6) is 23.0 Å². The van der Waals surface area contributed by atoms with E-state index in [1.54, 1.807) is 24.3 Å². The molecule has 6 heteroatoms. The lowest BCUT2D eigenvalue weighted by molar-refractivity contribution is -0.132. The van der Waals surface area contributed by atoms with Crippen LogP contribution in [0.2, 0.25) is 0 Å². The van der Waals surface area contributed by atoms with Gasteiger partial charge >= 0.3 is 5.97 Å². The van der Waals surface area contributed by atoms with Crippen molar-refractivity contribution in [2.75, 3.05) is 14.2 Å². The molecule has 0 aromatic heterocycles. The van der Waals surface area contributed by atoms with E-state index in [0.717, 1.165) is 0 Å². The Hall–Kier alpha value is -3.41. The summed E-state index contributed by atoms with van der Waals surface area (Å²) in [5.41, 5.74) is 1.28. The summed E-state index contributed by atoms with van der Waals surface area (Å²) in [6.45, 7) is 0. The van der Waals surface area contributed by atoms with Crippen LogP contribution >= 0.6 is 0 Å². The Labute approximate surface area is 144 Å². The van der Waals surface area contributed by atoms with E-state index in [4.69, 9.17) is 9.47 Å². The molecule has 0 radical (unpaired) electrons. The van der Waals surface area contributed by atoms with Crippen molar-refractivity contribution in [3.05, 3.63) is 59.2 Å². The van der Waals surface area contributed by atoms with Crippen molar-refractivity contribution in [2.24, 2.45) is 0 Å². The van der Waals surface area contributed by atoms with Crippen LogP contribution in [0.1, 0.15) is 11.1 Å². The van der Waals surface area contributed by atoms with Crippen molar-refractivity contribution < 1.29 is 29.6 Å². The molecule has 2 aromatic carbocycles. The smallest absolute Gasteiger partial charge is 0.335 e. The summed E-state index contributed by atoms with van der Waals surface area (Å²) in [6.07, 6.45) is 4.49. The van der Waals surface area contributed by atoms with E-state index in [0.29, 0.717) is 16.9 Å². The highest BCUT2D eigenvalue weighted by atomic mass is 16.5. The number of carbonyl (C=O) groups is 1. The zero-order valence-corrected chi connectivity index (χ0v) is 13.8. The molecule has 0 aliphatic rings. The molecule has 0 aliphatic heterocycles. The largest absolute Gasteiger partial charge is 0.504 e. The molecule has 2 aromatic rings. The first-order chi connectivity index (χ1) is 11.9. The molecular formula is C19H18O6. The van der Waals surface area contributed by atoms with Crippen LogP contribution in [-0.2, 0) is 4.79 Å². The summed E-state index contributed by atoms with van der Waals surface area (Å²) < 4.78 is 10.0. The fourth-order valence-electron chi connectivity index (χ4n) is 2.13.